The fourth-order valence-corrected chi connectivity index (χ4v) is 8.42. The van der Waals surface area contributed by atoms with Crippen LogP contribution in [0, 0.1) is 13.8 Å². The fraction of sp³-hybridized carbons (Fsp3) is 0.347. The molecule has 4 N–H and O–H groups in total. The van der Waals surface area contributed by atoms with Crippen LogP contribution in [0.2, 0.25) is 0 Å². The number of rotatable bonds is 9. The fourth-order valence-electron chi connectivity index (χ4n) is 8.42. The SMILES string of the molecule is C.Cc1nn(C)c2cc(-c3noc(C4CCN(C(=O)CN)CC4)n3)ccc12.Cc1nn(C)c2cc(-c3noc(C4CCN(C(=O)CNC(=O)c5ccccn5)CC4)n3)ccc12.O=C(O)c1ccccn1. The number of fused-ring (bicyclic) bond motifs is 2. The lowest BCUT2D eigenvalue weighted by Crippen LogP contribution is -2.43. The van der Waals surface area contributed by atoms with Crippen LogP contribution in [-0.2, 0) is 23.7 Å². The first-order valence-corrected chi connectivity index (χ1v) is 22.5. The molecule has 0 unspecified atom stereocenters. The molecule has 0 atom stereocenters. The molecule has 2 aliphatic heterocycles. The highest BCUT2D eigenvalue weighted by molar-refractivity contribution is 5.95. The van der Waals surface area contributed by atoms with Gasteiger partial charge in [-0.1, -0.05) is 54.1 Å². The zero-order valence-electron chi connectivity index (χ0n) is 38.6. The summed E-state index contributed by atoms with van der Waals surface area (Å²) in [7, 11) is 3.84. The number of hydrogen-bond donors (Lipinski definition) is 3. The summed E-state index contributed by atoms with van der Waals surface area (Å²) in [5.41, 5.74) is 11.6. The quantitative estimate of drug-likeness (QED) is 0.162. The number of aromatic carboxylic acids is 1. The number of nitrogens with one attached hydrogen (secondary N) is 1. The van der Waals surface area contributed by atoms with Crippen molar-refractivity contribution in [1.82, 2.24) is 64.9 Å². The highest BCUT2D eigenvalue weighted by Crippen LogP contribution is 2.32. The number of amides is 3. The second kappa shape index (κ2) is 22.3. The van der Waals surface area contributed by atoms with Gasteiger partial charge in [0, 0.05) is 86.4 Å². The topological polar surface area (TPSA) is 272 Å². The maximum absolute atomic E-state index is 12.5. The summed E-state index contributed by atoms with van der Waals surface area (Å²) in [6.07, 6.45) is 6.07. The van der Waals surface area contributed by atoms with Crippen LogP contribution in [0.3, 0.4) is 0 Å². The summed E-state index contributed by atoms with van der Waals surface area (Å²) in [5, 5.41) is 30.4. The molecule has 8 heterocycles. The van der Waals surface area contributed by atoms with E-state index in [1.54, 1.807) is 46.3 Å². The minimum absolute atomic E-state index is 0. The van der Waals surface area contributed by atoms with Crippen molar-refractivity contribution in [3.8, 4) is 22.8 Å². The smallest absolute Gasteiger partial charge is 0.354 e. The predicted octanol–water partition coefficient (Wildman–Crippen LogP) is 5.48. The second-order valence-corrected chi connectivity index (χ2v) is 16.7. The molecule has 0 spiro atoms. The summed E-state index contributed by atoms with van der Waals surface area (Å²) in [6.45, 7) is 6.49. The number of carbonyl (C=O) groups is 4. The monoisotopic (exact) mass is 952 g/mol. The largest absolute Gasteiger partial charge is 0.477 e. The standard InChI is InChI=1S/C24H25N7O3.C18H22N6O2.C6H5NO2.CH4/c1-15-18-7-6-17(13-20(18)30(2)28-15)22-27-24(34-29-22)16-8-11-31(12-9-16)21(32)14-26-23(33)19-5-3-4-10-25-19;1-11-14-4-3-13(9-15(14)23(2)21-11)17-20-18(26-22-17)12-5-7-24(8-6-12)16(25)10-19;8-6(9)5-3-1-2-4-7-5;/h3-7,10,13,16H,8-9,11-12,14H2,1-2H3,(H,26,33);3-4,9,12H,5-8,10,19H2,1-2H3;1-4H,(H,8,9);1H4. The van der Waals surface area contributed by atoms with Gasteiger partial charge in [0.2, 0.25) is 35.2 Å². The molecule has 0 saturated carbocycles. The van der Waals surface area contributed by atoms with Crippen molar-refractivity contribution in [3.05, 3.63) is 120 Å². The third kappa shape index (κ3) is 11.4. The van der Waals surface area contributed by atoms with Gasteiger partial charge in [-0.05, 0) is 75.9 Å². The molecule has 364 valence electrons. The maximum atomic E-state index is 12.5. The molecule has 2 saturated heterocycles. The van der Waals surface area contributed by atoms with Crippen LogP contribution in [0.15, 0.2) is 94.2 Å². The number of nitrogens with two attached hydrogens (primary N) is 1. The minimum Gasteiger partial charge on any atom is -0.477 e. The van der Waals surface area contributed by atoms with E-state index >= 15 is 0 Å². The van der Waals surface area contributed by atoms with Gasteiger partial charge < -0.3 is 35.0 Å². The van der Waals surface area contributed by atoms with Crippen molar-refractivity contribution >= 4 is 45.5 Å². The van der Waals surface area contributed by atoms with E-state index < -0.39 is 5.97 Å². The Bertz CT molecular complexity index is 3080. The molecule has 70 heavy (non-hydrogen) atoms. The Balaban J connectivity index is 0.000000177. The first kappa shape index (κ1) is 49.7. The number of aryl methyl sites for hydroxylation is 4. The van der Waals surface area contributed by atoms with Crippen molar-refractivity contribution in [2.24, 2.45) is 19.8 Å². The molecule has 2 fully saturated rings. The molecule has 0 bridgehead atoms. The van der Waals surface area contributed by atoms with E-state index in [0.717, 1.165) is 70.0 Å². The molecule has 3 amide bonds. The van der Waals surface area contributed by atoms with E-state index in [2.05, 4.69) is 45.8 Å². The number of hydrogen-bond acceptors (Lipinski definition) is 15. The molecular weight excluding hydrogens is 897 g/mol. The first-order chi connectivity index (χ1) is 33.4. The number of nitrogens with zero attached hydrogens (tertiary/aromatic N) is 12. The van der Waals surface area contributed by atoms with Gasteiger partial charge in [-0.25, -0.2) is 9.78 Å². The number of carboxylic acid groups (broad SMARTS) is 1. The van der Waals surface area contributed by atoms with Gasteiger partial charge in [0.25, 0.3) is 5.91 Å². The van der Waals surface area contributed by atoms with Gasteiger partial charge in [0.05, 0.1) is 35.5 Å². The van der Waals surface area contributed by atoms with Crippen molar-refractivity contribution in [2.45, 2.75) is 58.8 Å². The molecule has 0 aliphatic carbocycles. The number of benzene rings is 2. The molecule has 21 nitrogen and oxygen atoms in total. The van der Waals surface area contributed by atoms with E-state index in [-0.39, 0.29) is 55.8 Å². The number of pyridine rings is 2. The highest BCUT2D eigenvalue weighted by atomic mass is 16.5. The van der Waals surface area contributed by atoms with Crippen LogP contribution in [0.4, 0.5) is 0 Å². The van der Waals surface area contributed by atoms with E-state index in [4.69, 9.17) is 19.9 Å². The summed E-state index contributed by atoms with van der Waals surface area (Å²) in [5.74, 6) is 1.16. The maximum Gasteiger partial charge on any atom is 0.354 e. The molecular formula is C49H56N14O7. The number of likely N-dealkylation sites (tertiary alicyclic amines) is 2. The molecule has 10 rings (SSSR count). The lowest BCUT2D eigenvalue weighted by atomic mass is 9.96. The average molecular weight is 953 g/mol. The van der Waals surface area contributed by atoms with E-state index in [9.17, 15) is 19.2 Å². The Hall–Kier alpha value is -8.20. The van der Waals surface area contributed by atoms with Crippen LogP contribution in [0.1, 0.15) is 89.1 Å². The zero-order chi connectivity index (χ0) is 48.6. The predicted molar refractivity (Wildman–Crippen MR) is 258 cm³/mol. The van der Waals surface area contributed by atoms with Gasteiger partial charge >= 0.3 is 5.97 Å². The Morgan fingerprint density at radius 2 is 1.13 bits per heavy atom. The van der Waals surface area contributed by atoms with Gasteiger partial charge in [0.15, 0.2) is 0 Å². The van der Waals surface area contributed by atoms with Crippen LogP contribution in [-0.4, -0.2) is 128 Å². The van der Waals surface area contributed by atoms with Crippen molar-refractivity contribution in [2.75, 3.05) is 39.3 Å². The molecule has 6 aromatic heterocycles. The van der Waals surface area contributed by atoms with Gasteiger partial charge in [0.1, 0.15) is 11.4 Å². The number of aromatic nitrogens is 10. The molecule has 2 aliphatic rings. The van der Waals surface area contributed by atoms with Gasteiger partial charge in [-0.15, -0.1) is 0 Å². The molecule has 0 radical (unpaired) electrons. The number of carbonyl (C=O) groups excluding carboxylic acids is 3. The van der Waals surface area contributed by atoms with E-state index in [1.807, 2.05) is 73.7 Å². The second-order valence-electron chi connectivity index (χ2n) is 16.7. The number of piperidine rings is 2. The Kier molecular flexibility index (Phi) is 15.8. The Labute approximate surface area is 403 Å². The van der Waals surface area contributed by atoms with Crippen molar-refractivity contribution < 1.29 is 33.3 Å². The normalized spacial score (nSPS) is 14.0. The van der Waals surface area contributed by atoms with Gasteiger partial charge in [-0.2, -0.15) is 20.2 Å². The average Bonchev–Trinajstić information content (AvgIpc) is 4.20. The lowest BCUT2D eigenvalue weighted by molar-refractivity contribution is -0.131. The van der Waals surface area contributed by atoms with Gasteiger partial charge in [-0.3, -0.25) is 28.7 Å². The summed E-state index contributed by atoms with van der Waals surface area (Å²) >= 11 is 0. The molecule has 2 aromatic carbocycles. The van der Waals surface area contributed by atoms with E-state index in [0.29, 0.717) is 55.3 Å². The third-order valence-electron chi connectivity index (χ3n) is 12.2. The summed E-state index contributed by atoms with van der Waals surface area (Å²) < 4.78 is 14.8. The number of carboxylic acids is 1. The van der Waals surface area contributed by atoms with E-state index in [1.165, 1.54) is 12.3 Å². The van der Waals surface area contributed by atoms with Crippen LogP contribution >= 0.6 is 0 Å². The first-order valence-electron chi connectivity index (χ1n) is 22.5. The summed E-state index contributed by atoms with van der Waals surface area (Å²) in [4.78, 5) is 66.8. The third-order valence-corrected chi connectivity index (χ3v) is 12.2. The van der Waals surface area contributed by atoms with Crippen LogP contribution in [0.25, 0.3) is 44.6 Å². The Morgan fingerprint density at radius 3 is 1.54 bits per heavy atom. The van der Waals surface area contributed by atoms with Crippen LogP contribution in [0.5, 0.6) is 0 Å². The van der Waals surface area contributed by atoms with Crippen LogP contribution < -0.4 is 11.1 Å². The lowest BCUT2D eigenvalue weighted by Gasteiger charge is -2.30. The highest BCUT2D eigenvalue weighted by Gasteiger charge is 2.29. The zero-order valence-corrected chi connectivity index (χ0v) is 38.6. The minimum atomic E-state index is -0.990. The molecule has 21 heteroatoms. The Morgan fingerprint density at radius 1 is 0.671 bits per heavy atom. The van der Waals surface area contributed by atoms with Crippen molar-refractivity contribution in [1.29, 1.82) is 0 Å². The molecule has 8 aromatic rings. The summed E-state index contributed by atoms with van der Waals surface area (Å²) in [6, 6.07) is 21.9. The van der Waals surface area contributed by atoms with Crippen molar-refractivity contribution in [3.63, 3.8) is 0 Å².